The van der Waals surface area contributed by atoms with Gasteiger partial charge in [-0.1, -0.05) is 6.07 Å². The summed E-state index contributed by atoms with van der Waals surface area (Å²) in [6, 6.07) is 5.31. The lowest BCUT2D eigenvalue weighted by atomic mass is 10.1. The maximum atomic E-state index is 11.9. The van der Waals surface area contributed by atoms with Crippen LogP contribution in [0.1, 0.15) is 27.1 Å². The summed E-state index contributed by atoms with van der Waals surface area (Å²) in [6.45, 7) is 2.01. The SMILES string of the molecule is CCOC(=O)c1sc2ccc(-c3n[nH]nc3C(N)=O)cc2c1N. The number of aromatic amines is 1. The second kappa shape index (κ2) is 5.69. The first kappa shape index (κ1) is 15.0. The molecule has 0 saturated heterocycles. The highest BCUT2D eigenvalue weighted by Crippen LogP contribution is 2.36. The summed E-state index contributed by atoms with van der Waals surface area (Å²) in [7, 11) is 0. The van der Waals surface area contributed by atoms with Crippen LogP contribution in [0, 0.1) is 0 Å². The molecular weight excluding hydrogens is 318 g/mol. The Labute approximate surface area is 134 Å². The molecule has 9 heteroatoms. The molecular formula is C14H13N5O3S. The Morgan fingerprint density at radius 2 is 2.13 bits per heavy atom. The number of primary amides is 1. The summed E-state index contributed by atoms with van der Waals surface area (Å²) in [5.41, 5.74) is 12.7. The van der Waals surface area contributed by atoms with Crippen molar-refractivity contribution in [2.45, 2.75) is 6.92 Å². The Bertz CT molecular complexity index is 914. The molecule has 5 N–H and O–H groups in total. The zero-order valence-corrected chi connectivity index (χ0v) is 12.9. The maximum Gasteiger partial charge on any atom is 0.350 e. The first-order valence-corrected chi connectivity index (χ1v) is 7.54. The number of nitrogens with zero attached hydrogens (tertiary/aromatic N) is 2. The number of rotatable bonds is 4. The lowest BCUT2D eigenvalue weighted by molar-refractivity contribution is 0.0533. The average molecular weight is 331 g/mol. The van der Waals surface area contributed by atoms with E-state index < -0.39 is 11.9 Å². The molecule has 2 heterocycles. The molecule has 23 heavy (non-hydrogen) atoms. The van der Waals surface area contributed by atoms with Crippen molar-refractivity contribution < 1.29 is 14.3 Å². The van der Waals surface area contributed by atoms with E-state index in [1.807, 2.05) is 0 Å². The van der Waals surface area contributed by atoms with Crippen molar-refractivity contribution in [1.82, 2.24) is 15.4 Å². The van der Waals surface area contributed by atoms with Crippen LogP contribution in [-0.4, -0.2) is 33.9 Å². The minimum absolute atomic E-state index is 0.0452. The van der Waals surface area contributed by atoms with Crippen LogP contribution in [0.2, 0.25) is 0 Å². The molecule has 118 valence electrons. The molecule has 0 aliphatic carbocycles. The fraction of sp³-hybridized carbons (Fsp3) is 0.143. The van der Waals surface area contributed by atoms with E-state index in [4.69, 9.17) is 16.2 Å². The highest BCUT2D eigenvalue weighted by molar-refractivity contribution is 7.21. The molecule has 0 bridgehead atoms. The topological polar surface area (TPSA) is 137 Å². The first-order valence-electron chi connectivity index (χ1n) is 6.73. The fourth-order valence-electron chi connectivity index (χ4n) is 2.22. The van der Waals surface area contributed by atoms with E-state index in [1.165, 1.54) is 11.3 Å². The predicted octanol–water partition coefficient (Wildman–Crippen LogP) is 1.54. The number of nitrogens with one attached hydrogen (secondary N) is 1. The van der Waals surface area contributed by atoms with Crippen molar-refractivity contribution in [3.8, 4) is 11.3 Å². The van der Waals surface area contributed by atoms with Crippen LogP contribution in [-0.2, 0) is 4.74 Å². The summed E-state index contributed by atoms with van der Waals surface area (Å²) >= 11 is 1.25. The van der Waals surface area contributed by atoms with Gasteiger partial charge in [0.15, 0.2) is 5.69 Å². The van der Waals surface area contributed by atoms with Gasteiger partial charge in [0.2, 0.25) is 0 Å². The molecule has 0 radical (unpaired) electrons. The molecule has 3 aromatic rings. The van der Waals surface area contributed by atoms with Crippen LogP contribution in [0.4, 0.5) is 5.69 Å². The Morgan fingerprint density at radius 3 is 2.83 bits per heavy atom. The Morgan fingerprint density at radius 1 is 1.35 bits per heavy atom. The molecule has 0 aliphatic rings. The number of carbonyl (C=O) groups excluding carboxylic acids is 2. The number of amides is 1. The van der Waals surface area contributed by atoms with Gasteiger partial charge < -0.3 is 16.2 Å². The average Bonchev–Trinajstić information content (AvgIpc) is 3.12. The van der Waals surface area contributed by atoms with Gasteiger partial charge in [0.05, 0.1) is 12.3 Å². The molecule has 0 spiro atoms. The number of carbonyl (C=O) groups is 2. The second-order valence-electron chi connectivity index (χ2n) is 4.66. The summed E-state index contributed by atoms with van der Waals surface area (Å²) < 4.78 is 5.83. The van der Waals surface area contributed by atoms with Crippen LogP contribution in [0.3, 0.4) is 0 Å². The summed E-state index contributed by atoms with van der Waals surface area (Å²) in [5.74, 6) is -1.13. The van der Waals surface area contributed by atoms with Gasteiger partial charge in [-0.15, -0.1) is 11.3 Å². The molecule has 8 nitrogen and oxygen atoms in total. The van der Waals surface area contributed by atoms with Crippen LogP contribution < -0.4 is 11.5 Å². The molecule has 3 rings (SSSR count). The monoisotopic (exact) mass is 331 g/mol. The van der Waals surface area contributed by atoms with Gasteiger partial charge in [-0.05, 0) is 19.1 Å². The molecule has 0 atom stereocenters. The predicted molar refractivity (Wildman–Crippen MR) is 86.1 cm³/mol. The van der Waals surface area contributed by atoms with Crippen LogP contribution >= 0.6 is 11.3 Å². The number of esters is 1. The number of aromatic nitrogens is 3. The number of hydrogen-bond donors (Lipinski definition) is 3. The maximum absolute atomic E-state index is 11.9. The van der Waals surface area contributed by atoms with Crippen molar-refractivity contribution >= 4 is 39.0 Å². The van der Waals surface area contributed by atoms with Gasteiger partial charge in [-0.3, -0.25) is 4.79 Å². The van der Waals surface area contributed by atoms with E-state index in [0.717, 1.165) is 4.70 Å². The Kier molecular flexibility index (Phi) is 3.70. The van der Waals surface area contributed by atoms with Crippen molar-refractivity contribution in [2.75, 3.05) is 12.3 Å². The van der Waals surface area contributed by atoms with Crippen molar-refractivity contribution in [3.63, 3.8) is 0 Å². The molecule has 0 saturated carbocycles. The molecule has 1 amide bonds. The standard InChI is InChI=1S/C14H13N5O3S/c1-2-22-14(21)12-9(15)7-5-6(3-4-8(7)23-12)10-11(13(16)20)18-19-17-10/h3-5H,2,15H2,1H3,(H2,16,20)(H,17,18,19). The Balaban J connectivity index is 2.12. The van der Waals surface area contributed by atoms with Gasteiger partial charge in [0.25, 0.3) is 5.91 Å². The summed E-state index contributed by atoms with van der Waals surface area (Å²) in [6.07, 6.45) is 0. The third-order valence-electron chi connectivity index (χ3n) is 3.24. The smallest absolute Gasteiger partial charge is 0.350 e. The molecule has 0 aliphatic heterocycles. The molecule has 0 fully saturated rings. The van der Waals surface area contributed by atoms with Gasteiger partial charge in [0.1, 0.15) is 10.6 Å². The van der Waals surface area contributed by atoms with Crippen LogP contribution in [0.15, 0.2) is 18.2 Å². The third-order valence-corrected chi connectivity index (χ3v) is 4.41. The number of anilines is 1. The number of nitrogen functional groups attached to an aromatic ring is 1. The van der Waals surface area contributed by atoms with E-state index in [-0.39, 0.29) is 12.3 Å². The Hall–Kier alpha value is -2.94. The van der Waals surface area contributed by atoms with E-state index in [9.17, 15) is 9.59 Å². The van der Waals surface area contributed by atoms with E-state index >= 15 is 0 Å². The van der Waals surface area contributed by atoms with Gasteiger partial charge in [-0.2, -0.15) is 15.4 Å². The van der Waals surface area contributed by atoms with E-state index in [1.54, 1.807) is 25.1 Å². The number of hydrogen-bond acceptors (Lipinski definition) is 7. The molecule has 2 aromatic heterocycles. The number of ether oxygens (including phenoxy) is 1. The van der Waals surface area contributed by atoms with Crippen LogP contribution in [0.25, 0.3) is 21.3 Å². The first-order chi connectivity index (χ1) is 11.0. The highest BCUT2D eigenvalue weighted by atomic mass is 32.1. The van der Waals surface area contributed by atoms with E-state index in [0.29, 0.717) is 27.2 Å². The lowest BCUT2D eigenvalue weighted by Crippen LogP contribution is -2.12. The zero-order valence-electron chi connectivity index (χ0n) is 12.1. The minimum Gasteiger partial charge on any atom is -0.462 e. The summed E-state index contributed by atoms with van der Waals surface area (Å²) in [4.78, 5) is 23.6. The van der Waals surface area contributed by atoms with Crippen molar-refractivity contribution in [1.29, 1.82) is 0 Å². The minimum atomic E-state index is -0.681. The van der Waals surface area contributed by atoms with Gasteiger partial charge >= 0.3 is 5.97 Å². The number of fused-ring (bicyclic) bond motifs is 1. The fourth-order valence-corrected chi connectivity index (χ4v) is 3.21. The number of nitrogens with two attached hydrogens (primary N) is 2. The quantitative estimate of drug-likeness (QED) is 0.620. The zero-order chi connectivity index (χ0) is 16.6. The third kappa shape index (κ3) is 2.50. The van der Waals surface area contributed by atoms with E-state index in [2.05, 4.69) is 15.4 Å². The molecule has 1 aromatic carbocycles. The van der Waals surface area contributed by atoms with Crippen molar-refractivity contribution in [3.05, 3.63) is 28.8 Å². The summed E-state index contributed by atoms with van der Waals surface area (Å²) in [5, 5.41) is 10.8. The highest BCUT2D eigenvalue weighted by Gasteiger charge is 2.20. The number of thiophene rings is 1. The lowest BCUT2D eigenvalue weighted by Gasteiger charge is -2.00. The second-order valence-corrected chi connectivity index (χ2v) is 5.71. The van der Waals surface area contributed by atoms with Crippen molar-refractivity contribution in [2.24, 2.45) is 5.73 Å². The number of benzene rings is 1. The van der Waals surface area contributed by atoms with Gasteiger partial charge in [0, 0.05) is 15.6 Å². The normalized spacial score (nSPS) is 10.8. The molecule has 0 unspecified atom stereocenters. The largest absolute Gasteiger partial charge is 0.462 e. The number of H-pyrrole nitrogens is 1. The van der Waals surface area contributed by atoms with Gasteiger partial charge in [-0.25, -0.2) is 4.79 Å². The van der Waals surface area contributed by atoms with Crippen LogP contribution in [0.5, 0.6) is 0 Å².